The molecule has 1 N–H and O–H groups in total. The van der Waals surface area contributed by atoms with Crippen LogP contribution in [0.1, 0.15) is 12.7 Å². The fourth-order valence-electron chi connectivity index (χ4n) is 0.881. The van der Waals surface area contributed by atoms with E-state index in [4.69, 9.17) is 0 Å². The number of ether oxygens (including phenoxy) is 1. The van der Waals surface area contributed by atoms with Gasteiger partial charge in [-0.1, -0.05) is 6.92 Å². The molecule has 0 unspecified atom stereocenters. The van der Waals surface area contributed by atoms with Crippen LogP contribution in [0.4, 0.5) is 13.2 Å². The zero-order valence-electron chi connectivity index (χ0n) is 7.89. The van der Waals surface area contributed by atoms with Gasteiger partial charge in [-0.05, 0) is 0 Å². The molecule has 4 nitrogen and oxygen atoms in total. The molecule has 0 bridgehead atoms. The van der Waals surface area contributed by atoms with Gasteiger partial charge >= 0.3 is 6.18 Å². The van der Waals surface area contributed by atoms with E-state index in [-0.39, 0.29) is 5.88 Å². The Morgan fingerprint density at radius 2 is 2.20 bits per heavy atom. The van der Waals surface area contributed by atoms with Gasteiger partial charge in [-0.25, -0.2) is 4.98 Å². The molecule has 1 rings (SSSR count). The van der Waals surface area contributed by atoms with Crippen LogP contribution in [0.5, 0.6) is 5.88 Å². The largest absolute Gasteiger partial charge is 0.468 e. The maximum absolute atomic E-state index is 11.8. The first kappa shape index (κ1) is 11.5. The van der Waals surface area contributed by atoms with Crippen molar-refractivity contribution in [3.05, 3.63) is 22.2 Å². The number of aromatic nitrogens is 2. The van der Waals surface area contributed by atoms with Crippen LogP contribution in [0.2, 0.25) is 0 Å². The summed E-state index contributed by atoms with van der Waals surface area (Å²) in [6.07, 6.45) is -4.02. The lowest BCUT2D eigenvalue weighted by atomic mass is 10.4. The first-order valence-electron chi connectivity index (χ1n) is 4.20. The van der Waals surface area contributed by atoms with Crippen molar-refractivity contribution in [3.63, 3.8) is 0 Å². The standard InChI is InChI=1S/C8H9F3N2O2/c1-2-5-12-6(14)3-7(13-5)15-4-8(9,10)11/h3H,2,4H2,1H3,(H,12,13,14). The lowest BCUT2D eigenvalue weighted by molar-refractivity contribution is -0.154. The number of aryl methyl sites for hydroxylation is 1. The second kappa shape index (κ2) is 4.33. The van der Waals surface area contributed by atoms with Gasteiger partial charge in [0, 0.05) is 6.42 Å². The van der Waals surface area contributed by atoms with E-state index in [1.54, 1.807) is 6.92 Å². The molecule has 0 atom stereocenters. The van der Waals surface area contributed by atoms with Crippen LogP contribution < -0.4 is 10.3 Å². The number of hydrogen-bond donors (Lipinski definition) is 1. The highest BCUT2D eigenvalue weighted by Gasteiger charge is 2.28. The minimum absolute atomic E-state index is 0.291. The number of nitrogens with zero attached hydrogens (tertiary/aromatic N) is 1. The molecule has 0 aliphatic heterocycles. The van der Waals surface area contributed by atoms with Crippen molar-refractivity contribution in [2.24, 2.45) is 0 Å². The number of H-pyrrole nitrogens is 1. The summed E-state index contributed by atoms with van der Waals surface area (Å²) in [5.74, 6) is -0.0207. The maximum atomic E-state index is 11.8. The quantitative estimate of drug-likeness (QED) is 0.837. The topological polar surface area (TPSA) is 55.0 Å². The highest BCUT2D eigenvalue weighted by atomic mass is 19.4. The molecule has 0 aromatic carbocycles. The number of rotatable bonds is 3. The zero-order valence-corrected chi connectivity index (χ0v) is 7.89. The third kappa shape index (κ3) is 4.01. The average Bonchev–Trinajstić information content (AvgIpc) is 2.13. The molecule has 7 heteroatoms. The summed E-state index contributed by atoms with van der Waals surface area (Å²) in [5, 5.41) is 0. The SMILES string of the molecule is CCc1nc(OCC(F)(F)F)cc(=O)[nH]1. The number of halogens is 3. The normalized spacial score (nSPS) is 11.5. The Labute approximate surface area is 83.1 Å². The van der Waals surface area contributed by atoms with Crippen LogP contribution in [0.3, 0.4) is 0 Å². The third-order valence-corrected chi connectivity index (χ3v) is 1.49. The fourth-order valence-corrected chi connectivity index (χ4v) is 0.881. The molecule has 0 aliphatic rings. The van der Waals surface area contributed by atoms with E-state index in [9.17, 15) is 18.0 Å². The Balaban J connectivity index is 2.77. The Morgan fingerprint density at radius 3 is 2.73 bits per heavy atom. The Hall–Kier alpha value is -1.53. The number of aromatic amines is 1. The fraction of sp³-hybridized carbons (Fsp3) is 0.500. The third-order valence-electron chi connectivity index (χ3n) is 1.49. The summed E-state index contributed by atoms with van der Waals surface area (Å²) in [7, 11) is 0. The first-order valence-corrected chi connectivity index (χ1v) is 4.20. The average molecular weight is 222 g/mol. The minimum Gasteiger partial charge on any atom is -0.468 e. The number of nitrogens with one attached hydrogen (secondary N) is 1. The molecule has 1 heterocycles. The molecule has 0 saturated heterocycles. The van der Waals surface area contributed by atoms with Crippen molar-refractivity contribution in [1.29, 1.82) is 0 Å². The first-order chi connectivity index (χ1) is 6.90. The number of hydrogen-bond acceptors (Lipinski definition) is 3. The summed E-state index contributed by atoms with van der Waals surface area (Å²) in [5.41, 5.74) is -0.529. The smallest absolute Gasteiger partial charge is 0.422 e. The van der Waals surface area contributed by atoms with Gasteiger partial charge in [0.15, 0.2) is 6.61 Å². The van der Waals surface area contributed by atoms with Crippen LogP contribution in [0.25, 0.3) is 0 Å². The molecule has 0 fully saturated rings. The van der Waals surface area contributed by atoms with Crippen molar-refractivity contribution in [2.45, 2.75) is 19.5 Å². The second-order valence-electron chi connectivity index (χ2n) is 2.79. The van der Waals surface area contributed by atoms with Gasteiger partial charge < -0.3 is 9.72 Å². The van der Waals surface area contributed by atoms with E-state index in [0.717, 1.165) is 6.07 Å². The molecule has 0 saturated carbocycles. The van der Waals surface area contributed by atoms with E-state index in [1.165, 1.54) is 0 Å². The monoisotopic (exact) mass is 222 g/mol. The van der Waals surface area contributed by atoms with E-state index in [0.29, 0.717) is 12.2 Å². The lowest BCUT2D eigenvalue weighted by Crippen LogP contribution is -2.21. The van der Waals surface area contributed by atoms with E-state index < -0.39 is 18.3 Å². The molecule has 1 aromatic heterocycles. The highest BCUT2D eigenvalue weighted by Crippen LogP contribution is 2.16. The van der Waals surface area contributed by atoms with Crippen LogP contribution >= 0.6 is 0 Å². The van der Waals surface area contributed by atoms with E-state index in [1.807, 2.05) is 0 Å². The molecule has 0 spiro atoms. The van der Waals surface area contributed by atoms with Gasteiger partial charge in [-0.15, -0.1) is 0 Å². The van der Waals surface area contributed by atoms with Crippen molar-refractivity contribution in [3.8, 4) is 5.88 Å². The van der Waals surface area contributed by atoms with Gasteiger partial charge in [0.2, 0.25) is 5.88 Å². The van der Waals surface area contributed by atoms with Gasteiger partial charge in [0.05, 0.1) is 6.07 Å². The second-order valence-corrected chi connectivity index (χ2v) is 2.79. The van der Waals surface area contributed by atoms with Crippen LogP contribution in [0.15, 0.2) is 10.9 Å². The predicted molar refractivity (Wildman–Crippen MR) is 45.8 cm³/mol. The van der Waals surface area contributed by atoms with E-state index >= 15 is 0 Å². The summed E-state index contributed by atoms with van der Waals surface area (Å²) in [6, 6.07) is 0.880. The van der Waals surface area contributed by atoms with Crippen molar-refractivity contribution in [2.75, 3.05) is 6.61 Å². The Morgan fingerprint density at radius 1 is 1.53 bits per heavy atom. The van der Waals surface area contributed by atoms with Crippen molar-refractivity contribution in [1.82, 2.24) is 9.97 Å². The minimum atomic E-state index is -4.43. The molecule has 84 valence electrons. The van der Waals surface area contributed by atoms with Crippen molar-refractivity contribution >= 4 is 0 Å². The zero-order chi connectivity index (χ0) is 11.5. The molecule has 0 radical (unpaired) electrons. The van der Waals surface area contributed by atoms with Gasteiger partial charge in [0.25, 0.3) is 5.56 Å². The van der Waals surface area contributed by atoms with Crippen LogP contribution in [0, 0.1) is 0 Å². The summed E-state index contributed by atoms with van der Waals surface area (Å²) < 4.78 is 39.7. The summed E-state index contributed by atoms with van der Waals surface area (Å²) >= 11 is 0. The molecular formula is C8H9F3N2O2. The summed E-state index contributed by atoms with van der Waals surface area (Å²) in [6.45, 7) is 0.262. The molecule has 0 amide bonds. The summed E-state index contributed by atoms with van der Waals surface area (Å²) in [4.78, 5) is 17.0. The van der Waals surface area contributed by atoms with Gasteiger partial charge in [-0.2, -0.15) is 13.2 Å². The predicted octanol–water partition coefficient (Wildman–Crippen LogP) is 1.27. The Kier molecular flexibility index (Phi) is 3.33. The molecule has 0 aliphatic carbocycles. The van der Waals surface area contributed by atoms with Crippen molar-refractivity contribution < 1.29 is 17.9 Å². The Bertz CT molecular complexity index is 386. The molecular weight excluding hydrogens is 213 g/mol. The van der Waals surface area contributed by atoms with Gasteiger partial charge in [-0.3, -0.25) is 4.79 Å². The lowest BCUT2D eigenvalue weighted by Gasteiger charge is -2.08. The molecule has 15 heavy (non-hydrogen) atoms. The van der Waals surface area contributed by atoms with Crippen LogP contribution in [-0.2, 0) is 6.42 Å². The van der Waals surface area contributed by atoms with Crippen LogP contribution in [-0.4, -0.2) is 22.8 Å². The molecule has 1 aromatic rings. The van der Waals surface area contributed by atoms with E-state index in [2.05, 4.69) is 14.7 Å². The maximum Gasteiger partial charge on any atom is 0.422 e. The number of alkyl halides is 3. The van der Waals surface area contributed by atoms with Gasteiger partial charge in [0.1, 0.15) is 5.82 Å². The highest BCUT2D eigenvalue weighted by molar-refractivity contribution is 5.08.